The number of piperazine rings is 1. The van der Waals surface area contributed by atoms with Crippen LogP contribution in [0, 0.1) is 6.92 Å². The summed E-state index contributed by atoms with van der Waals surface area (Å²) in [4.78, 5) is 26.1. The van der Waals surface area contributed by atoms with Gasteiger partial charge in [0.1, 0.15) is 23.0 Å². The number of nitrogens with zero attached hydrogens (tertiary/aromatic N) is 5. The van der Waals surface area contributed by atoms with Crippen molar-refractivity contribution in [1.82, 2.24) is 29.2 Å². The Hall–Kier alpha value is -4.41. The lowest BCUT2D eigenvalue weighted by molar-refractivity contribution is 0.101. The predicted octanol–water partition coefficient (Wildman–Crippen LogP) is 5.40. The normalized spacial score (nSPS) is 19.2. The smallest absolute Gasteiger partial charge is 0.272 e. The van der Waals surface area contributed by atoms with Crippen LogP contribution in [0.2, 0.25) is 0 Å². The molecule has 2 N–H and O–H groups in total. The van der Waals surface area contributed by atoms with Crippen molar-refractivity contribution in [1.29, 1.82) is 0 Å². The maximum atomic E-state index is 13.5. The quantitative estimate of drug-likeness (QED) is 0.256. The zero-order chi connectivity index (χ0) is 31.1. The van der Waals surface area contributed by atoms with E-state index in [2.05, 4.69) is 24.9 Å². The van der Waals surface area contributed by atoms with E-state index in [-0.39, 0.29) is 5.91 Å². The Morgan fingerprint density at radius 1 is 1.00 bits per heavy atom. The highest BCUT2D eigenvalue weighted by atomic mass is 16.5. The average molecular weight is 608 g/mol. The topological polar surface area (TPSA) is 97.9 Å². The summed E-state index contributed by atoms with van der Waals surface area (Å²) in [6.45, 7) is 6.50. The highest BCUT2D eigenvalue weighted by Gasteiger charge is 2.30. The first-order valence-corrected chi connectivity index (χ1v) is 15.9. The monoisotopic (exact) mass is 607 g/mol. The highest BCUT2D eigenvalue weighted by Crippen LogP contribution is 2.39. The Morgan fingerprint density at radius 2 is 1.78 bits per heavy atom. The van der Waals surface area contributed by atoms with Gasteiger partial charge in [-0.15, -0.1) is 0 Å². The number of anilines is 1. The number of nitrogens with one attached hydrogen (secondary N) is 2. The van der Waals surface area contributed by atoms with Crippen molar-refractivity contribution in [3.63, 3.8) is 0 Å². The summed E-state index contributed by atoms with van der Waals surface area (Å²) in [5.74, 6) is 2.57. The summed E-state index contributed by atoms with van der Waals surface area (Å²) < 4.78 is 15.4. The second-order valence-corrected chi connectivity index (χ2v) is 12.2. The Bertz CT molecular complexity index is 1860. The standard InChI is InChI=1S/C35H41N7O3/c1-22-33-32(39-34(42(33)19-16-37-22)23-8-11-25(12-9-23)41-17-14-36-15-18-41)24-10-13-27(31(20-24)45-4)38-35(43)29-21-26-28(40(29)2)6-5-7-30(26)44-3/h5-7,10,13,16,19-21,23,25,36H,8-9,11-12,14-15,17-18H2,1-4H3,(H,38,43). The Labute approximate surface area is 263 Å². The van der Waals surface area contributed by atoms with Gasteiger partial charge in [0.15, 0.2) is 0 Å². The number of methoxy groups -OCH3 is 2. The largest absolute Gasteiger partial charge is 0.496 e. The number of benzene rings is 2. The molecule has 7 rings (SSSR count). The summed E-state index contributed by atoms with van der Waals surface area (Å²) in [5.41, 5.74) is 5.80. The molecule has 0 spiro atoms. The number of hydrogen-bond donors (Lipinski definition) is 2. The van der Waals surface area contributed by atoms with E-state index in [4.69, 9.17) is 14.5 Å². The number of hydrogen-bond acceptors (Lipinski definition) is 7. The Morgan fingerprint density at radius 3 is 2.53 bits per heavy atom. The molecule has 2 aromatic carbocycles. The van der Waals surface area contributed by atoms with E-state index in [1.54, 1.807) is 14.2 Å². The minimum atomic E-state index is -0.229. The number of carbonyl (C=O) groups is 1. The molecule has 5 aromatic rings. The van der Waals surface area contributed by atoms with Gasteiger partial charge in [0, 0.05) is 68.5 Å². The van der Waals surface area contributed by atoms with E-state index in [0.717, 1.165) is 84.0 Å². The molecule has 0 bridgehead atoms. The fourth-order valence-corrected chi connectivity index (χ4v) is 7.31. The lowest BCUT2D eigenvalue weighted by Crippen LogP contribution is -2.49. The molecule has 2 fully saturated rings. The molecule has 1 saturated heterocycles. The van der Waals surface area contributed by atoms with Crippen LogP contribution in [-0.2, 0) is 7.05 Å². The van der Waals surface area contributed by atoms with Crippen LogP contribution in [0.1, 0.15) is 53.6 Å². The molecule has 0 atom stereocenters. The lowest BCUT2D eigenvalue weighted by atomic mass is 9.84. The molecular formula is C35H41N7O3. The van der Waals surface area contributed by atoms with Crippen molar-refractivity contribution < 1.29 is 14.3 Å². The molecule has 1 saturated carbocycles. The third-order valence-electron chi connectivity index (χ3n) is 9.72. The minimum Gasteiger partial charge on any atom is -0.496 e. The van der Waals surface area contributed by atoms with Crippen LogP contribution < -0.4 is 20.1 Å². The van der Waals surface area contributed by atoms with Crippen molar-refractivity contribution in [2.45, 2.75) is 44.6 Å². The number of amides is 1. The van der Waals surface area contributed by atoms with Crippen LogP contribution in [0.4, 0.5) is 5.69 Å². The van der Waals surface area contributed by atoms with Crippen LogP contribution in [0.15, 0.2) is 54.9 Å². The number of imidazole rings is 1. The molecule has 4 heterocycles. The minimum absolute atomic E-state index is 0.229. The SMILES string of the molecule is COc1cc(-c2nc(C3CCC(N4CCNCC4)CC3)n3ccnc(C)c23)ccc1NC(=O)c1cc2c(OC)cccc2n1C. The summed E-state index contributed by atoms with van der Waals surface area (Å²) in [7, 11) is 5.14. The maximum Gasteiger partial charge on any atom is 0.272 e. The molecule has 234 valence electrons. The average Bonchev–Trinajstić information content (AvgIpc) is 3.64. The lowest BCUT2D eigenvalue weighted by Gasteiger charge is -2.38. The van der Waals surface area contributed by atoms with E-state index < -0.39 is 0 Å². The molecule has 1 amide bonds. The van der Waals surface area contributed by atoms with Crippen LogP contribution in [0.3, 0.4) is 0 Å². The van der Waals surface area contributed by atoms with Crippen molar-refractivity contribution in [2.75, 3.05) is 45.7 Å². The molecule has 1 aliphatic heterocycles. The van der Waals surface area contributed by atoms with Gasteiger partial charge in [0.2, 0.25) is 0 Å². The molecule has 2 aliphatic rings. The van der Waals surface area contributed by atoms with Gasteiger partial charge in [-0.05, 0) is 62.9 Å². The molecule has 45 heavy (non-hydrogen) atoms. The predicted molar refractivity (Wildman–Crippen MR) is 177 cm³/mol. The summed E-state index contributed by atoms with van der Waals surface area (Å²) in [6.07, 6.45) is 8.56. The zero-order valence-electron chi connectivity index (χ0n) is 26.5. The molecule has 10 nitrogen and oxygen atoms in total. The van der Waals surface area contributed by atoms with Gasteiger partial charge in [-0.1, -0.05) is 12.1 Å². The van der Waals surface area contributed by atoms with E-state index >= 15 is 0 Å². The van der Waals surface area contributed by atoms with Crippen LogP contribution in [0.25, 0.3) is 27.7 Å². The second kappa shape index (κ2) is 12.2. The van der Waals surface area contributed by atoms with Gasteiger partial charge in [-0.2, -0.15) is 0 Å². The van der Waals surface area contributed by atoms with Crippen LogP contribution in [0.5, 0.6) is 11.5 Å². The fraction of sp³-hybridized carbons (Fsp3) is 0.400. The van der Waals surface area contributed by atoms with Crippen molar-refractivity contribution in [2.24, 2.45) is 7.05 Å². The summed E-state index contributed by atoms with van der Waals surface area (Å²) >= 11 is 0. The Balaban J connectivity index is 1.17. The molecule has 10 heteroatoms. The molecule has 0 unspecified atom stereocenters. The summed E-state index contributed by atoms with van der Waals surface area (Å²) in [6, 6.07) is 14.2. The first-order valence-electron chi connectivity index (χ1n) is 15.9. The van der Waals surface area contributed by atoms with Crippen molar-refractivity contribution in [3.05, 3.63) is 72.1 Å². The molecule has 0 radical (unpaired) electrons. The number of fused-ring (bicyclic) bond motifs is 2. The van der Waals surface area contributed by atoms with Gasteiger partial charge in [-0.3, -0.25) is 19.1 Å². The number of aromatic nitrogens is 4. The van der Waals surface area contributed by atoms with Crippen LogP contribution >= 0.6 is 0 Å². The van der Waals surface area contributed by atoms with Crippen LogP contribution in [-0.4, -0.2) is 76.2 Å². The third kappa shape index (κ3) is 5.32. The number of rotatable bonds is 7. The molecule has 3 aromatic heterocycles. The molecule has 1 aliphatic carbocycles. The fourth-order valence-electron chi connectivity index (χ4n) is 7.31. The number of aryl methyl sites for hydroxylation is 2. The van der Waals surface area contributed by atoms with Gasteiger partial charge in [-0.25, -0.2) is 4.98 Å². The van der Waals surface area contributed by atoms with Crippen molar-refractivity contribution >= 4 is 28.0 Å². The van der Waals surface area contributed by atoms with E-state index in [1.807, 2.05) is 73.4 Å². The van der Waals surface area contributed by atoms with Gasteiger partial charge in [0.05, 0.1) is 42.3 Å². The van der Waals surface area contributed by atoms with Gasteiger partial charge in [0.25, 0.3) is 5.91 Å². The van der Waals surface area contributed by atoms with E-state index in [1.165, 1.54) is 12.8 Å². The summed E-state index contributed by atoms with van der Waals surface area (Å²) in [5, 5.41) is 7.42. The van der Waals surface area contributed by atoms with E-state index in [9.17, 15) is 4.79 Å². The number of carbonyl (C=O) groups excluding carboxylic acids is 1. The highest BCUT2D eigenvalue weighted by molar-refractivity contribution is 6.08. The second-order valence-electron chi connectivity index (χ2n) is 12.2. The maximum absolute atomic E-state index is 13.5. The van der Waals surface area contributed by atoms with E-state index in [0.29, 0.717) is 29.1 Å². The third-order valence-corrected chi connectivity index (χ3v) is 9.72. The zero-order valence-corrected chi connectivity index (χ0v) is 26.5. The first-order chi connectivity index (χ1) is 22.0. The van der Waals surface area contributed by atoms with Gasteiger partial charge >= 0.3 is 0 Å². The molecular weight excluding hydrogens is 566 g/mol. The van der Waals surface area contributed by atoms with Crippen molar-refractivity contribution in [3.8, 4) is 22.8 Å². The number of ether oxygens (including phenoxy) is 2. The van der Waals surface area contributed by atoms with Gasteiger partial charge < -0.3 is 24.7 Å². The Kier molecular flexibility index (Phi) is 7.93. The first kappa shape index (κ1) is 29.3.